The Morgan fingerprint density at radius 1 is 0.355 bits per heavy atom. The molecule has 0 amide bonds. The second-order valence-electron chi connectivity index (χ2n) is 21.6. The molecule has 0 saturated carbocycles. The van der Waals surface area contributed by atoms with Crippen LogP contribution in [0.2, 0.25) is 0 Å². The molecule has 0 radical (unpaired) electrons. The Morgan fingerprint density at radius 2 is 0.570 bits per heavy atom. The molecule has 20 atom stereocenters. The number of H-pyrrole nitrogens is 5. The highest BCUT2D eigenvalue weighted by Gasteiger charge is 2.50. The van der Waals surface area contributed by atoms with E-state index in [2.05, 4.69) is 56.2 Å². The number of aliphatic imine (C=N–C) groups is 4. The molecule has 502 valence electrons. The second-order valence-corrected chi connectivity index (χ2v) is 21.6. The van der Waals surface area contributed by atoms with Gasteiger partial charge in [-0.3, -0.25) is 91.7 Å². The minimum atomic E-state index is -1.73. The number of nitrogens with zero attached hydrogens (tertiary/aromatic N) is 9. The van der Waals surface area contributed by atoms with Gasteiger partial charge in [0, 0.05) is 61.3 Å². The Hall–Kier alpha value is -10.00. The van der Waals surface area contributed by atoms with Crippen LogP contribution in [0.4, 0.5) is 0 Å². The number of nitrogens with two attached hydrogens (primary N) is 4. The van der Waals surface area contributed by atoms with Gasteiger partial charge in [-0.05, 0) is 0 Å². The van der Waals surface area contributed by atoms with E-state index >= 15 is 0 Å². The van der Waals surface area contributed by atoms with E-state index in [0.717, 1.165) is 84.2 Å². The van der Waals surface area contributed by atoms with E-state index in [4.69, 9.17) is 46.6 Å². The number of nitrogens with one attached hydrogen (secondary N) is 9. The van der Waals surface area contributed by atoms with E-state index < -0.39 is 235 Å². The summed E-state index contributed by atoms with van der Waals surface area (Å²) in [7, 11) is 0. The number of ether oxygens (including phenoxy) is 5. The predicted octanol–water partition coefficient (Wildman–Crippen LogP) is -14.5. The maximum atomic E-state index is 13.1. The summed E-state index contributed by atoms with van der Waals surface area (Å²) in [5, 5.41) is 89.2. The lowest BCUT2D eigenvalue weighted by Crippen LogP contribution is -2.53. The highest BCUT2D eigenvalue weighted by atomic mass is 16.6. The van der Waals surface area contributed by atoms with Crippen molar-refractivity contribution in [1.82, 2.24) is 69.0 Å². The van der Waals surface area contributed by atoms with Gasteiger partial charge in [0.25, 0.3) is 27.8 Å². The first kappa shape index (κ1) is 65.9. The van der Waals surface area contributed by atoms with Gasteiger partial charge in [0.05, 0.1) is 57.0 Å². The standard InChI is InChI=1S/C49H64N22O22/c50-41(64-27-18(91-37(32(27)80)68-7-2-22(74)59-46(68)85)13-56-43(52)66-29-20(15-72)93-39(34(29)82)70-9-4-24(76)61-48(70)87)54-11-16-26(31(79)36(89-16)67-6-1-21(73)58-45(67)84)63-42(51)55-12-17-28(33(81)38(90-17)69-8-3-23(75)60-47(69)86)65-44(53)57-14-19-30(78)35(83)40(92-19)71-10-5-25(77)62-49(71)88/h1-10,16-20,26-40,72,78-83H,11-15H2,(H3,50,54,64)(H3,51,55,63)(H3,52,56,66)(H3,53,57,65)(H,58,73,84)(H,59,74,85)(H,60,75,86)(H,61,76,87)(H,62,77,88)/t16-,17-,18-,19-,20-,26-,27-,28-,29-,30-,31-,32-,33-,34-,35-,36-,37-,38-,39-,40-/m1/s1. The van der Waals surface area contributed by atoms with E-state index in [0.29, 0.717) is 0 Å². The van der Waals surface area contributed by atoms with Gasteiger partial charge in [0.2, 0.25) is 0 Å². The van der Waals surface area contributed by atoms with Gasteiger partial charge in [0.15, 0.2) is 55.0 Å². The topological polar surface area (TPSA) is 664 Å². The Kier molecular flexibility index (Phi) is 19.5. The summed E-state index contributed by atoms with van der Waals surface area (Å²) in [5.41, 5.74) is 16.8. The van der Waals surface area contributed by atoms with E-state index in [1.807, 2.05) is 9.97 Å². The summed E-state index contributed by atoms with van der Waals surface area (Å²) in [5.74, 6) is -1.72. The van der Waals surface area contributed by atoms with Crippen molar-refractivity contribution in [1.29, 1.82) is 0 Å². The van der Waals surface area contributed by atoms with Gasteiger partial charge >= 0.3 is 28.4 Å². The molecule has 10 heterocycles. The molecule has 5 aromatic rings. The number of guanidine groups is 4. The molecule has 0 unspecified atom stereocenters. The molecule has 0 aliphatic carbocycles. The highest BCUT2D eigenvalue weighted by Crippen LogP contribution is 2.33. The van der Waals surface area contributed by atoms with Crippen molar-refractivity contribution in [3.05, 3.63) is 166 Å². The predicted molar refractivity (Wildman–Crippen MR) is 313 cm³/mol. The van der Waals surface area contributed by atoms with Crippen LogP contribution in [0.15, 0.2) is 129 Å². The molecular weight excluding hydrogens is 1250 g/mol. The van der Waals surface area contributed by atoms with Crippen molar-refractivity contribution in [2.45, 2.75) is 122 Å². The number of aromatic nitrogens is 10. The van der Waals surface area contributed by atoms with Crippen molar-refractivity contribution in [3.8, 4) is 0 Å². The molecule has 24 N–H and O–H groups in total. The number of rotatable bonds is 18. The third-order valence-corrected chi connectivity index (χ3v) is 15.7. The van der Waals surface area contributed by atoms with Gasteiger partial charge in [-0.15, -0.1) is 0 Å². The minimum Gasteiger partial charge on any atom is -0.394 e. The SMILES string of the molecule is NC(=NC[C@H]1O[C@@H](n2ccc(=O)[nH]c2=O)[C@H](O)[C@@H]1NC(N)=NC[C@H]1O[C@@H](n2ccc(=O)[nH]c2=O)[C@H](O)[C@@H]1NC(N)=NC[C@H]1O[C@@H](n2ccc(=O)[nH]c2=O)[C@H](O)[C@@H]1NC(N)=NC[C@H]1O[C@@H](n2ccc(=O)[nH]c2=O)[C@H](O)[C@@H]1O)N[C@H]1[C@@H](O)[C@H](n2ccc(=O)[nH]c2=O)O[C@@H]1CO. The van der Waals surface area contributed by atoms with E-state index in [-0.39, 0.29) is 0 Å². The number of aliphatic hydroxyl groups is 7. The number of aliphatic hydroxyl groups excluding tert-OH is 7. The molecule has 44 nitrogen and oxygen atoms in total. The van der Waals surface area contributed by atoms with Crippen LogP contribution < -0.4 is 100 Å². The molecule has 0 spiro atoms. The molecule has 93 heavy (non-hydrogen) atoms. The second kappa shape index (κ2) is 27.4. The van der Waals surface area contributed by atoms with Gasteiger partial charge in [0.1, 0.15) is 67.1 Å². The van der Waals surface area contributed by atoms with Crippen LogP contribution in [-0.2, 0) is 23.7 Å². The summed E-state index contributed by atoms with van der Waals surface area (Å²) < 4.78 is 34.0. The zero-order chi connectivity index (χ0) is 66.9. The van der Waals surface area contributed by atoms with E-state index in [9.17, 15) is 83.7 Å². The number of hydrogen-bond donors (Lipinski definition) is 20. The van der Waals surface area contributed by atoms with Crippen LogP contribution in [0.5, 0.6) is 0 Å². The fourth-order valence-electron chi connectivity index (χ4n) is 11.1. The van der Waals surface area contributed by atoms with Crippen molar-refractivity contribution in [3.63, 3.8) is 0 Å². The van der Waals surface area contributed by atoms with Crippen LogP contribution in [0.1, 0.15) is 31.1 Å². The van der Waals surface area contributed by atoms with Crippen LogP contribution in [0.25, 0.3) is 0 Å². The lowest BCUT2D eigenvalue weighted by molar-refractivity contribution is -0.0532. The zero-order valence-corrected chi connectivity index (χ0v) is 47.9. The fraction of sp³-hybridized carbons (Fsp3) is 0.510. The average Bonchev–Trinajstić information content (AvgIpc) is 1.71. The third-order valence-electron chi connectivity index (χ3n) is 15.7. The first-order valence-corrected chi connectivity index (χ1v) is 28.1. The smallest absolute Gasteiger partial charge is 0.330 e. The van der Waals surface area contributed by atoms with Crippen LogP contribution in [0, 0.1) is 0 Å². The maximum absolute atomic E-state index is 13.1. The summed E-state index contributed by atoms with van der Waals surface area (Å²) in [6.45, 7) is -2.63. The van der Waals surface area contributed by atoms with Crippen molar-refractivity contribution < 1.29 is 59.4 Å². The van der Waals surface area contributed by atoms with Gasteiger partial charge in [-0.2, -0.15) is 0 Å². The van der Waals surface area contributed by atoms with Crippen molar-refractivity contribution in [2.24, 2.45) is 42.9 Å². The Bertz CT molecular complexity index is 4300. The van der Waals surface area contributed by atoms with Crippen LogP contribution in [0.3, 0.4) is 0 Å². The first-order chi connectivity index (χ1) is 44.3. The molecule has 0 bridgehead atoms. The van der Waals surface area contributed by atoms with Gasteiger partial charge < -0.3 is 104 Å². The van der Waals surface area contributed by atoms with Crippen molar-refractivity contribution in [2.75, 3.05) is 32.8 Å². The summed E-state index contributed by atoms with van der Waals surface area (Å²) >= 11 is 0. The molecule has 5 fully saturated rings. The summed E-state index contributed by atoms with van der Waals surface area (Å²) in [4.78, 5) is 151. The summed E-state index contributed by atoms with van der Waals surface area (Å²) in [6, 6.07) is -0.303. The Balaban J connectivity index is 0.865. The molecule has 5 aliphatic heterocycles. The van der Waals surface area contributed by atoms with E-state index in [1.54, 1.807) is 0 Å². The van der Waals surface area contributed by atoms with Crippen LogP contribution >= 0.6 is 0 Å². The van der Waals surface area contributed by atoms with E-state index in [1.165, 1.54) is 0 Å². The van der Waals surface area contributed by atoms with Crippen LogP contribution in [-0.4, -0.2) is 231 Å². The van der Waals surface area contributed by atoms with Gasteiger partial charge in [-0.1, -0.05) is 0 Å². The molecule has 5 aliphatic rings. The zero-order valence-electron chi connectivity index (χ0n) is 47.9. The Morgan fingerprint density at radius 3 is 0.817 bits per heavy atom. The average molecular weight is 1310 g/mol. The molecule has 44 heteroatoms. The maximum Gasteiger partial charge on any atom is 0.330 e. The largest absolute Gasteiger partial charge is 0.394 e. The normalized spacial score (nSPS) is 32.5. The van der Waals surface area contributed by atoms with Gasteiger partial charge in [-0.25, -0.2) is 24.0 Å². The third kappa shape index (κ3) is 14.1. The monoisotopic (exact) mass is 1310 g/mol. The minimum absolute atomic E-state index is 0.391. The quantitative estimate of drug-likeness (QED) is 0.0286. The van der Waals surface area contributed by atoms with Crippen molar-refractivity contribution >= 4 is 23.8 Å². The molecule has 10 rings (SSSR count). The first-order valence-electron chi connectivity index (χ1n) is 28.1. The number of aromatic amines is 5. The molecular formula is C49H64N22O22. The molecule has 0 aromatic carbocycles. The lowest BCUT2D eigenvalue weighted by Gasteiger charge is -2.24. The highest BCUT2D eigenvalue weighted by molar-refractivity contribution is 5.80. The molecule has 5 saturated heterocycles. The fourth-order valence-corrected chi connectivity index (χ4v) is 11.1. The Labute approximate surface area is 514 Å². The summed E-state index contributed by atoms with van der Waals surface area (Å²) in [6.07, 6.45) is -18.6. The molecule has 5 aromatic heterocycles. The lowest BCUT2D eigenvalue weighted by atomic mass is 10.1. The number of hydrogen-bond acceptors (Lipinski definition) is 26.